The predicted molar refractivity (Wildman–Crippen MR) is 73.7 cm³/mol. The van der Waals surface area contributed by atoms with Gasteiger partial charge < -0.3 is 9.64 Å². The van der Waals surface area contributed by atoms with E-state index in [4.69, 9.17) is 4.74 Å². The zero-order valence-electron chi connectivity index (χ0n) is 11.5. The zero-order chi connectivity index (χ0) is 13.3. The molecule has 2 saturated heterocycles. The lowest BCUT2D eigenvalue weighted by atomic mass is 9.80. The third kappa shape index (κ3) is 2.39. The molecule has 0 saturated carbocycles. The average Bonchev–Trinajstić information content (AvgIpc) is 2.86. The first-order valence-electron chi connectivity index (χ1n) is 7.19. The molecule has 2 heterocycles. The van der Waals surface area contributed by atoms with Gasteiger partial charge in [-0.3, -0.25) is 4.79 Å². The summed E-state index contributed by atoms with van der Waals surface area (Å²) in [6.45, 7) is 3.76. The second-order valence-electron chi connectivity index (χ2n) is 5.74. The second kappa shape index (κ2) is 4.97. The van der Waals surface area contributed by atoms with Gasteiger partial charge in [0.2, 0.25) is 0 Å². The molecule has 2 atom stereocenters. The summed E-state index contributed by atoms with van der Waals surface area (Å²) in [4.78, 5) is 14.1. The topological polar surface area (TPSA) is 29.5 Å². The van der Waals surface area contributed by atoms with Crippen LogP contribution in [0, 0.1) is 0 Å². The summed E-state index contributed by atoms with van der Waals surface area (Å²) < 4.78 is 5.81. The number of hydrogen-bond acceptors (Lipinski definition) is 3. The first-order valence-corrected chi connectivity index (χ1v) is 7.19. The summed E-state index contributed by atoms with van der Waals surface area (Å²) in [5.41, 5.74) is 0.746. The molecule has 0 bridgehead atoms. The van der Waals surface area contributed by atoms with Crippen LogP contribution in [-0.2, 0) is 15.1 Å². The largest absolute Gasteiger partial charge is 0.454 e. The number of nitrogens with zero attached hydrogens (tertiary/aromatic N) is 1. The summed E-state index contributed by atoms with van der Waals surface area (Å²) in [5, 5.41) is 0. The summed E-state index contributed by atoms with van der Waals surface area (Å²) in [5.74, 6) is -0.171. The molecule has 2 fully saturated rings. The van der Waals surface area contributed by atoms with Gasteiger partial charge in [-0.1, -0.05) is 30.3 Å². The molecule has 0 amide bonds. The Morgan fingerprint density at radius 3 is 2.84 bits per heavy atom. The van der Waals surface area contributed by atoms with Crippen molar-refractivity contribution in [2.45, 2.75) is 44.2 Å². The third-order valence-electron chi connectivity index (χ3n) is 4.51. The number of piperidine rings is 1. The van der Waals surface area contributed by atoms with Gasteiger partial charge in [0.05, 0.1) is 0 Å². The molecule has 0 radical (unpaired) electrons. The predicted octanol–water partition coefficient (Wildman–Crippen LogP) is 2.70. The number of rotatable bonds is 2. The van der Waals surface area contributed by atoms with E-state index in [1.54, 1.807) is 0 Å². The van der Waals surface area contributed by atoms with Gasteiger partial charge in [-0.15, -0.1) is 0 Å². The third-order valence-corrected chi connectivity index (χ3v) is 4.51. The van der Waals surface area contributed by atoms with Crippen molar-refractivity contribution in [1.82, 2.24) is 4.90 Å². The van der Waals surface area contributed by atoms with E-state index in [0.29, 0.717) is 6.04 Å². The highest BCUT2D eigenvalue weighted by molar-refractivity contribution is 5.67. The number of carbonyl (C=O) groups excluding carboxylic acids is 1. The molecule has 0 N–H and O–H groups in total. The Morgan fingerprint density at radius 2 is 2.11 bits per heavy atom. The summed E-state index contributed by atoms with van der Waals surface area (Å²) >= 11 is 0. The Balaban J connectivity index is 1.91. The standard InChI is InChI=1S/C16H21NO2/c1-13(18)19-16(14-6-3-2-4-7-14)9-11-17-10-5-8-15(17)12-16/h2-4,6-7,15H,5,8-12H2,1H3/t15-,16-/m0/s1. The Morgan fingerprint density at radius 1 is 1.32 bits per heavy atom. The van der Waals surface area contributed by atoms with Crippen molar-refractivity contribution in [2.24, 2.45) is 0 Å². The fourth-order valence-corrected chi connectivity index (χ4v) is 3.66. The SMILES string of the molecule is CC(=O)O[C@@]1(c2ccccc2)CCN2CCC[C@H]2C1. The lowest BCUT2D eigenvalue weighted by Gasteiger charge is -2.43. The first-order chi connectivity index (χ1) is 9.20. The average molecular weight is 259 g/mol. The monoisotopic (exact) mass is 259 g/mol. The minimum atomic E-state index is -0.404. The molecular weight excluding hydrogens is 238 g/mol. The number of fused-ring (bicyclic) bond motifs is 1. The zero-order valence-corrected chi connectivity index (χ0v) is 11.5. The number of hydrogen-bond donors (Lipinski definition) is 0. The number of carbonyl (C=O) groups is 1. The lowest BCUT2D eigenvalue weighted by molar-refractivity contribution is -0.166. The highest BCUT2D eigenvalue weighted by Crippen LogP contribution is 2.42. The van der Waals surface area contributed by atoms with E-state index >= 15 is 0 Å². The second-order valence-corrected chi connectivity index (χ2v) is 5.74. The van der Waals surface area contributed by atoms with Gasteiger partial charge in [-0.05, 0) is 24.9 Å². The van der Waals surface area contributed by atoms with Crippen LogP contribution in [0.1, 0.15) is 38.2 Å². The van der Waals surface area contributed by atoms with E-state index < -0.39 is 5.60 Å². The van der Waals surface area contributed by atoms with E-state index in [9.17, 15) is 4.79 Å². The molecular formula is C16H21NO2. The Kier molecular flexibility index (Phi) is 3.31. The molecule has 2 aliphatic heterocycles. The maximum atomic E-state index is 11.5. The smallest absolute Gasteiger partial charge is 0.303 e. The molecule has 3 heteroatoms. The molecule has 0 unspecified atom stereocenters. The van der Waals surface area contributed by atoms with Crippen LogP contribution in [0.3, 0.4) is 0 Å². The molecule has 102 valence electrons. The molecule has 1 aromatic carbocycles. The van der Waals surface area contributed by atoms with Crippen LogP contribution in [0.25, 0.3) is 0 Å². The molecule has 0 aromatic heterocycles. The van der Waals surface area contributed by atoms with Crippen molar-refractivity contribution in [1.29, 1.82) is 0 Å². The normalized spacial score (nSPS) is 30.9. The van der Waals surface area contributed by atoms with Crippen LogP contribution in [0.5, 0.6) is 0 Å². The number of ether oxygens (including phenoxy) is 1. The van der Waals surface area contributed by atoms with Crippen LogP contribution in [-0.4, -0.2) is 30.0 Å². The van der Waals surface area contributed by atoms with Crippen LogP contribution in [0.4, 0.5) is 0 Å². The Hall–Kier alpha value is -1.35. The molecule has 2 aliphatic rings. The summed E-state index contributed by atoms with van der Waals surface area (Å²) in [6.07, 6.45) is 4.36. The van der Waals surface area contributed by atoms with Gasteiger partial charge in [-0.25, -0.2) is 0 Å². The van der Waals surface area contributed by atoms with Crippen molar-refractivity contribution in [3.05, 3.63) is 35.9 Å². The molecule has 0 aliphatic carbocycles. The highest BCUT2D eigenvalue weighted by atomic mass is 16.6. The van der Waals surface area contributed by atoms with E-state index in [0.717, 1.165) is 24.9 Å². The van der Waals surface area contributed by atoms with Crippen molar-refractivity contribution in [2.75, 3.05) is 13.1 Å². The van der Waals surface area contributed by atoms with Crippen molar-refractivity contribution in [3.8, 4) is 0 Å². The van der Waals surface area contributed by atoms with Crippen LogP contribution in [0.15, 0.2) is 30.3 Å². The van der Waals surface area contributed by atoms with E-state index in [1.807, 2.05) is 18.2 Å². The number of esters is 1. The minimum Gasteiger partial charge on any atom is -0.454 e. The van der Waals surface area contributed by atoms with Gasteiger partial charge >= 0.3 is 5.97 Å². The van der Waals surface area contributed by atoms with Gasteiger partial charge in [0, 0.05) is 32.4 Å². The first kappa shape index (κ1) is 12.7. The molecule has 1 aromatic rings. The molecule has 3 rings (SSSR count). The molecule has 3 nitrogen and oxygen atoms in total. The van der Waals surface area contributed by atoms with Crippen molar-refractivity contribution < 1.29 is 9.53 Å². The van der Waals surface area contributed by atoms with Gasteiger partial charge in [0.15, 0.2) is 0 Å². The highest BCUT2D eigenvalue weighted by Gasteiger charge is 2.44. The quantitative estimate of drug-likeness (QED) is 0.765. The Bertz CT molecular complexity index is 459. The van der Waals surface area contributed by atoms with E-state index in [-0.39, 0.29) is 5.97 Å². The van der Waals surface area contributed by atoms with Gasteiger partial charge in [0.1, 0.15) is 5.60 Å². The molecule has 19 heavy (non-hydrogen) atoms. The van der Waals surface area contributed by atoms with Crippen LogP contribution < -0.4 is 0 Å². The van der Waals surface area contributed by atoms with Crippen LogP contribution in [0.2, 0.25) is 0 Å². The van der Waals surface area contributed by atoms with Gasteiger partial charge in [0.25, 0.3) is 0 Å². The van der Waals surface area contributed by atoms with Crippen molar-refractivity contribution >= 4 is 5.97 Å². The molecule has 0 spiro atoms. The lowest BCUT2D eigenvalue weighted by Crippen LogP contribution is -2.48. The van der Waals surface area contributed by atoms with Gasteiger partial charge in [-0.2, -0.15) is 0 Å². The van der Waals surface area contributed by atoms with Crippen LogP contribution >= 0.6 is 0 Å². The fourth-order valence-electron chi connectivity index (χ4n) is 3.66. The summed E-state index contributed by atoms with van der Waals surface area (Å²) in [6, 6.07) is 10.8. The van der Waals surface area contributed by atoms with E-state index in [2.05, 4.69) is 17.0 Å². The maximum Gasteiger partial charge on any atom is 0.303 e. The Labute approximate surface area is 114 Å². The fraction of sp³-hybridized carbons (Fsp3) is 0.562. The van der Waals surface area contributed by atoms with Crippen molar-refractivity contribution in [3.63, 3.8) is 0 Å². The summed E-state index contributed by atoms with van der Waals surface area (Å²) in [7, 11) is 0. The van der Waals surface area contributed by atoms with E-state index in [1.165, 1.54) is 26.3 Å². The number of benzene rings is 1. The maximum absolute atomic E-state index is 11.5. The minimum absolute atomic E-state index is 0.171.